The van der Waals surface area contributed by atoms with Crippen molar-refractivity contribution in [1.82, 2.24) is 10.3 Å². The minimum atomic E-state index is 0.580. The van der Waals surface area contributed by atoms with E-state index in [4.69, 9.17) is 25.8 Å². The average molecular weight is 315 g/mol. The molecule has 0 amide bonds. The van der Waals surface area contributed by atoms with Crippen molar-refractivity contribution < 1.29 is 14.2 Å². The third-order valence-electron chi connectivity index (χ3n) is 3.14. The maximum absolute atomic E-state index is 6.14. The predicted molar refractivity (Wildman–Crippen MR) is 81.9 cm³/mol. The minimum Gasteiger partial charge on any atom is -0.478 e. The molecule has 1 aromatic rings. The normalized spacial score (nSPS) is 14.4. The van der Waals surface area contributed by atoms with E-state index in [0.29, 0.717) is 49.9 Å². The monoisotopic (exact) mass is 314 g/mol. The highest BCUT2D eigenvalue weighted by Crippen LogP contribution is 2.22. The summed E-state index contributed by atoms with van der Waals surface area (Å²) in [6.07, 6.45) is 3.32. The molecule has 1 aliphatic rings. The Bertz CT molecular complexity index is 427. The summed E-state index contributed by atoms with van der Waals surface area (Å²) in [5.74, 6) is 0.615. The van der Waals surface area contributed by atoms with E-state index in [9.17, 15) is 0 Å². The second kappa shape index (κ2) is 9.20. The molecule has 6 heteroatoms. The number of pyridine rings is 1. The largest absolute Gasteiger partial charge is 0.478 e. The van der Waals surface area contributed by atoms with E-state index in [-0.39, 0.29) is 0 Å². The third kappa shape index (κ3) is 6.61. The van der Waals surface area contributed by atoms with Gasteiger partial charge in [-0.05, 0) is 18.9 Å². The SMILES string of the molecule is COCCOCCCOc1ccc(Cl)c(CNC2CC2)n1. The lowest BCUT2D eigenvalue weighted by molar-refractivity contribution is 0.0642. The number of ether oxygens (including phenoxy) is 3. The van der Waals surface area contributed by atoms with Crippen LogP contribution < -0.4 is 10.1 Å². The van der Waals surface area contributed by atoms with Crippen LogP contribution in [0.25, 0.3) is 0 Å². The summed E-state index contributed by atoms with van der Waals surface area (Å²) in [6, 6.07) is 4.27. The smallest absolute Gasteiger partial charge is 0.213 e. The van der Waals surface area contributed by atoms with Crippen LogP contribution in [0.15, 0.2) is 12.1 Å². The van der Waals surface area contributed by atoms with E-state index in [2.05, 4.69) is 10.3 Å². The molecule has 0 unspecified atom stereocenters. The van der Waals surface area contributed by atoms with Gasteiger partial charge in [-0.3, -0.25) is 0 Å². The fourth-order valence-corrected chi connectivity index (χ4v) is 1.95. The molecule has 0 aliphatic heterocycles. The van der Waals surface area contributed by atoms with Crippen LogP contribution >= 0.6 is 11.6 Å². The zero-order valence-corrected chi connectivity index (χ0v) is 13.2. The van der Waals surface area contributed by atoms with Crippen molar-refractivity contribution in [2.45, 2.75) is 31.8 Å². The van der Waals surface area contributed by atoms with Crippen LogP contribution in [0.4, 0.5) is 0 Å². The van der Waals surface area contributed by atoms with E-state index >= 15 is 0 Å². The molecular weight excluding hydrogens is 292 g/mol. The topological polar surface area (TPSA) is 52.6 Å². The fraction of sp³-hybridized carbons (Fsp3) is 0.667. The van der Waals surface area contributed by atoms with Crippen molar-refractivity contribution in [3.8, 4) is 5.88 Å². The van der Waals surface area contributed by atoms with Gasteiger partial charge >= 0.3 is 0 Å². The van der Waals surface area contributed by atoms with Crippen molar-refractivity contribution >= 4 is 11.6 Å². The molecule has 5 nitrogen and oxygen atoms in total. The van der Waals surface area contributed by atoms with Crippen molar-refractivity contribution in [3.05, 3.63) is 22.8 Å². The van der Waals surface area contributed by atoms with Gasteiger partial charge in [-0.25, -0.2) is 4.98 Å². The molecule has 0 radical (unpaired) electrons. The Kier molecular flexibility index (Phi) is 7.23. The van der Waals surface area contributed by atoms with E-state index in [1.165, 1.54) is 12.8 Å². The minimum absolute atomic E-state index is 0.580. The summed E-state index contributed by atoms with van der Waals surface area (Å²) in [5.41, 5.74) is 0.845. The van der Waals surface area contributed by atoms with E-state index in [0.717, 1.165) is 12.1 Å². The molecule has 1 saturated carbocycles. The van der Waals surface area contributed by atoms with Gasteiger partial charge in [-0.15, -0.1) is 0 Å². The van der Waals surface area contributed by atoms with Crippen LogP contribution in [0.2, 0.25) is 5.02 Å². The van der Waals surface area contributed by atoms with E-state index in [1.54, 1.807) is 13.2 Å². The number of hydrogen-bond donors (Lipinski definition) is 1. The summed E-state index contributed by atoms with van der Waals surface area (Å²) in [5, 5.41) is 4.08. The Morgan fingerprint density at radius 1 is 1.24 bits per heavy atom. The molecule has 1 N–H and O–H groups in total. The number of aromatic nitrogens is 1. The fourth-order valence-electron chi connectivity index (χ4n) is 1.78. The van der Waals surface area contributed by atoms with Crippen LogP contribution in [-0.2, 0) is 16.0 Å². The zero-order valence-electron chi connectivity index (χ0n) is 12.4. The molecule has 0 spiro atoms. The molecule has 0 bridgehead atoms. The highest BCUT2D eigenvalue weighted by molar-refractivity contribution is 6.31. The van der Waals surface area contributed by atoms with Gasteiger partial charge < -0.3 is 19.5 Å². The summed E-state index contributed by atoms with van der Waals surface area (Å²) in [4.78, 5) is 4.44. The molecule has 2 rings (SSSR count). The zero-order chi connectivity index (χ0) is 14.9. The Morgan fingerprint density at radius 3 is 2.86 bits per heavy atom. The van der Waals surface area contributed by atoms with Crippen molar-refractivity contribution in [3.63, 3.8) is 0 Å². The maximum atomic E-state index is 6.14. The van der Waals surface area contributed by atoms with Crippen molar-refractivity contribution in [1.29, 1.82) is 0 Å². The van der Waals surface area contributed by atoms with Crippen molar-refractivity contribution in [2.24, 2.45) is 0 Å². The molecule has 0 saturated heterocycles. The number of hydrogen-bond acceptors (Lipinski definition) is 5. The molecule has 1 aromatic heterocycles. The van der Waals surface area contributed by atoms with Gasteiger partial charge in [0.15, 0.2) is 0 Å². The summed E-state index contributed by atoms with van der Waals surface area (Å²) < 4.78 is 15.9. The van der Waals surface area contributed by atoms with Gasteiger partial charge in [0, 0.05) is 38.8 Å². The molecule has 21 heavy (non-hydrogen) atoms. The number of methoxy groups -OCH3 is 1. The average Bonchev–Trinajstić information content (AvgIpc) is 3.31. The Hall–Kier alpha value is -0.880. The van der Waals surface area contributed by atoms with Gasteiger partial charge in [0.1, 0.15) is 0 Å². The van der Waals surface area contributed by atoms with Crippen LogP contribution in [0.1, 0.15) is 25.0 Å². The van der Waals surface area contributed by atoms with Crippen LogP contribution in [0, 0.1) is 0 Å². The number of halogens is 1. The van der Waals surface area contributed by atoms with Crippen LogP contribution in [0.3, 0.4) is 0 Å². The van der Waals surface area contributed by atoms with Gasteiger partial charge in [0.25, 0.3) is 0 Å². The first kappa shape index (κ1) is 16.5. The summed E-state index contributed by atoms with van der Waals surface area (Å²) in [6.45, 7) is 3.18. The van der Waals surface area contributed by atoms with Gasteiger partial charge in [-0.1, -0.05) is 11.6 Å². The Labute approximate surface area is 130 Å². The first-order valence-electron chi connectivity index (χ1n) is 7.38. The lowest BCUT2D eigenvalue weighted by atomic mass is 10.3. The second-order valence-corrected chi connectivity index (χ2v) is 5.45. The van der Waals surface area contributed by atoms with E-state index in [1.807, 2.05) is 6.07 Å². The van der Waals surface area contributed by atoms with Crippen LogP contribution in [-0.4, -0.2) is 44.6 Å². The van der Waals surface area contributed by atoms with Gasteiger partial charge in [0.05, 0.1) is 30.5 Å². The quantitative estimate of drug-likeness (QED) is 0.636. The lowest BCUT2D eigenvalue weighted by Gasteiger charge is -2.09. The maximum Gasteiger partial charge on any atom is 0.213 e. The Balaban J connectivity index is 1.66. The molecule has 118 valence electrons. The summed E-state index contributed by atoms with van der Waals surface area (Å²) in [7, 11) is 1.66. The third-order valence-corrected chi connectivity index (χ3v) is 3.49. The standard InChI is InChI=1S/C15H23ClN2O3/c1-19-9-10-20-7-2-8-21-15-6-5-13(16)14(18-15)11-17-12-3-4-12/h5-6,12,17H,2-4,7-11H2,1H3. The van der Waals surface area contributed by atoms with Crippen molar-refractivity contribution in [2.75, 3.05) is 33.5 Å². The van der Waals surface area contributed by atoms with Gasteiger partial charge in [-0.2, -0.15) is 0 Å². The number of nitrogens with one attached hydrogen (secondary N) is 1. The molecule has 0 atom stereocenters. The summed E-state index contributed by atoms with van der Waals surface area (Å²) >= 11 is 6.14. The first-order valence-corrected chi connectivity index (χ1v) is 7.75. The Morgan fingerprint density at radius 2 is 2.10 bits per heavy atom. The molecule has 0 aromatic carbocycles. The first-order chi connectivity index (χ1) is 10.3. The molecule has 1 heterocycles. The predicted octanol–water partition coefficient (Wildman–Crippen LogP) is 2.42. The van der Waals surface area contributed by atoms with Crippen LogP contribution in [0.5, 0.6) is 5.88 Å². The molecule has 1 aliphatic carbocycles. The van der Waals surface area contributed by atoms with Gasteiger partial charge in [0.2, 0.25) is 5.88 Å². The highest BCUT2D eigenvalue weighted by atomic mass is 35.5. The lowest BCUT2D eigenvalue weighted by Crippen LogP contribution is -2.17. The van der Waals surface area contributed by atoms with E-state index < -0.39 is 0 Å². The highest BCUT2D eigenvalue weighted by Gasteiger charge is 2.20. The number of rotatable bonds is 11. The number of nitrogens with zero attached hydrogens (tertiary/aromatic N) is 1. The second-order valence-electron chi connectivity index (χ2n) is 5.04. The molecule has 1 fully saturated rings. The molecular formula is C15H23ClN2O3.